The first-order chi connectivity index (χ1) is 7.97. The molecule has 0 spiro atoms. The zero-order valence-electron chi connectivity index (χ0n) is 9.94. The van der Waals surface area contributed by atoms with Gasteiger partial charge in [-0.2, -0.15) is 0 Å². The monoisotopic (exact) mass is 255 g/mol. The Morgan fingerprint density at radius 3 is 2.18 bits per heavy atom. The lowest BCUT2D eigenvalue weighted by Gasteiger charge is -2.13. The van der Waals surface area contributed by atoms with Gasteiger partial charge in [0.2, 0.25) is 0 Å². The zero-order valence-corrected chi connectivity index (χ0v) is 10.7. The number of alkyl halides is 1. The van der Waals surface area contributed by atoms with Crippen molar-refractivity contribution in [2.24, 2.45) is 0 Å². The fraction of sp³-hybridized carbons (Fsp3) is 0.333. The van der Waals surface area contributed by atoms with Gasteiger partial charge in [-0.05, 0) is 24.3 Å². The number of Topliss-reactive ketones (excluding diaryl/α,β-unsaturated/α-hetero) is 1. The van der Waals surface area contributed by atoms with Gasteiger partial charge in [0.05, 0.1) is 7.11 Å². The molecule has 1 unspecified atom stereocenters. The highest BCUT2D eigenvalue weighted by Crippen LogP contribution is 2.15. The number of nitrogens with zero attached hydrogens (tertiary/aromatic N) is 1. The fourth-order valence-electron chi connectivity index (χ4n) is 1.28. The van der Waals surface area contributed by atoms with E-state index in [9.17, 15) is 9.59 Å². The van der Waals surface area contributed by atoms with Crippen LogP contribution in [-0.4, -0.2) is 38.3 Å². The maximum absolute atomic E-state index is 11.8. The van der Waals surface area contributed by atoms with E-state index < -0.39 is 17.1 Å². The van der Waals surface area contributed by atoms with E-state index >= 15 is 0 Å². The first kappa shape index (κ1) is 13.5. The van der Waals surface area contributed by atoms with Crippen LogP contribution in [0, 0.1) is 0 Å². The Balaban J connectivity index is 2.86. The van der Waals surface area contributed by atoms with Crippen molar-refractivity contribution in [3.05, 3.63) is 29.8 Å². The molecule has 1 rings (SSSR count). The van der Waals surface area contributed by atoms with Crippen molar-refractivity contribution in [2.45, 2.75) is 5.38 Å². The molecule has 5 heteroatoms. The van der Waals surface area contributed by atoms with Gasteiger partial charge in [-0.25, -0.2) is 4.79 Å². The quantitative estimate of drug-likeness (QED) is 0.356. The van der Waals surface area contributed by atoms with Crippen LogP contribution >= 0.6 is 11.6 Å². The third kappa shape index (κ3) is 3.20. The fourth-order valence-corrected chi connectivity index (χ4v) is 1.50. The van der Waals surface area contributed by atoms with E-state index in [4.69, 9.17) is 11.6 Å². The predicted molar refractivity (Wildman–Crippen MR) is 66.8 cm³/mol. The van der Waals surface area contributed by atoms with Crippen molar-refractivity contribution in [1.82, 2.24) is 0 Å². The number of hydrogen-bond acceptors (Lipinski definition) is 4. The van der Waals surface area contributed by atoms with Crippen LogP contribution in [0.2, 0.25) is 0 Å². The first-order valence-electron chi connectivity index (χ1n) is 5.01. The Morgan fingerprint density at radius 2 is 1.76 bits per heavy atom. The summed E-state index contributed by atoms with van der Waals surface area (Å²) in [6, 6.07) is 6.84. The van der Waals surface area contributed by atoms with Crippen LogP contribution in [0.3, 0.4) is 0 Å². The Hall–Kier alpha value is -1.55. The Morgan fingerprint density at radius 1 is 1.24 bits per heavy atom. The summed E-state index contributed by atoms with van der Waals surface area (Å²) in [5.74, 6) is -1.20. The van der Waals surface area contributed by atoms with Crippen molar-refractivity contribution in [3.8, 4) is 0 Å². The molecule has 0 amide bonds. The van der Waals surface area contributed by atoms with Gasteiger partial charge >= 0.3 is 5.97 Å². The van der Waals surface area contributed by atoms with Crippen LogP contribution in [0.25, 0.3) is 0 Å². The summed E-state index contributed by atoms with van der Waals surface area (Å²) in [6.45, 7) is 0. The number of hydrogen-bond donors (Lipinski definition) is 0. The molecule has 0 radical (unpaired) electrons. The molecule has 0 saturated carbocycles. The van der Waals surface area contributed by atoms with Gasteiger partial charge in [0.15, 0.2) is 11.2 Å². The highest BCUT2D eigenvalue weighted by molar-refractivity contribution is 6.43. The molecule has 0 N–H and O–H groups in total. The average Bonchev–Trinajstić information content (AvgIpc) is 2.36. The molecule has 0 fully saturated rings. The molecule has 0 aliphatic carbocycles. The lowest BCUT2D eigenvalue weighted by molar-refractivity contribution is -0.139. The highest BCUT2D eigenvalue weighted by Gasteiger charge is 2.25. The van der Waals surface area contributed by atoms with E-state index in [1.54, 1.807) is 24.3 Å². The molecule has 0 saturated heterocycles. The second-order valence-electron chi connectivity index (χ2n) is 3.69. The smallest absolute Gasteiger partial charge is 0.331 e. The molecule has 4 nitrogen and oxygen atoms in total. The van der Waals surface area contributed by atoms with E-state index in [2.05, 4.69) is 4.74 Å². The molecular formula is C12H14ClNO3. The molecule has 1 atom stereocenters. The van der Waals surface area contributed by atoms with Gasteiger partial charge in [-0.3, -0.25) is 4.79 Å². The number of esters is 1. The van der Waals surface area contributed by atoms with Gasteiger partial charge in [0, 0.05) is 25.3 Å². The Kier molecular flexibility index (Phi) is 4.52. The summed E-state index contributed by atoms with van der Waals surface area (Å²) in [5, 5.41) is -1.29. The third-order valence-electron chi connectivity index (χ3n) is 2.31. The van der Waals surface area contributed by atoms with Crippen molar-refractivity contribution in [2.75, 3.05) is 26.1 Å². The van der Waals surface area contributed by atoms with Crippen LogP contribution in [-0.2, 0) is 9.53 Å². The number of methoxy groups -OCH3 is 1. The second kappa shape index (κ2) is 5.68. The minimum absolute atomic E-state index is 0.390. The zero-order chi connectivity index (χ0) is 13.0. The molecule has 0 aliphatic rings. The highest BCUT2D eigenvalue weighted by atomic mass is 35.5. The van der Waals surface area contributed by atoms with Crippen LogP contribution in [0.1, 0.15) is 10.4 Å². The van der Waals surface area contributed by atoms with Gasteiger partial charge in [0.25, 0.3) is 0 Å². The van der Waals surface area contributed by atoms with E-state index in [0.717, 1.165) is 5.69 Å². The molecule has 0 bridgehead atoms. The minimum Gasteiger partial charge on any atom is -0.468 e. The molecule has 0 aromatic heterocycles. The molecular weight excluding hydrogens is 242 g/mol. The number of rotatable bonds is 4. The normalized spacial score (nSPS) is 11.8. The van der Waals surface area contributed by atoms with Gasteiger partial charge in [-0.15, -0.1) is 11.6 Å². The summed E-state index contributed by atoms with van der Waals surface area (Å²) in [7, 11) is 4.99. The van der Waals surface area contributed by atoms with Crippen LogP contribution in [0.5, 0.6) is 0 Å². The first-order valence-corrected chi connectivity index (χ1v) is 5.44. The number of halogens is 1. The van der Waals surface area contributed by atoms with Crippen LogP contribution in [0.15, 0.2) is 24.3 Å². The molecule has 1 aromatic rings. The van der Waals surface area contributed by atoms with Gasteiger partial charge < -0.3 is 9.64 Å². The van der Waals surface area contributed by atoms with Crippen molar-refractivity contribution < 1.29 is 14.3 Å². The van der Waals surface area contributed by atoms with E-state index in [1.165, 1.54) is 7.11 Å². The summed E-state index contributed by atoms with van der Waals surface area (Å²) in [4.78, 5) is 24.8. The van der Waals surface area contributed by atoms with Gasteiger partial charge in [-0.1, -0.05) is 0 Å². The number of carbonyl (C=O) groups excluding carboxylic acids is 2. The minimum atomic E-state index is -1.29. The van der Waals surface area contributed by atoms with Crippen LogP contribution < -0.4 is 4.90 Å². The molecule has 92 valence electrons. The summed E-state index contributed by atoms with van der Waals surface area (Å²) in [6.07, 6.45) is 0. The topological polar surface area (TPSA) is 46.6 Å². The Labute approximate surface area is 105 Å². The Bertz CT molecular complexity index is 414. The maximum atomic E-state index is 11.8. The summed E-state index contributed by atoms with van der Waals surface area (Å²) in [5.41, 5.74) is 1.35. The summed E-state index contributed by atoms with van der Waals surface area (Å²) < 4.78 is 4.42. The van der Waals surface area contributed by atoms with E-state index in [-0.39, 0.29) is 0 Å². The number of carbonyl (C=O) groups is 2. The number of ether oxygens (including phenoxy) is 1. The largest absolute Gasteiger partial charge is 0.468 e. The third-order valence-corrected chi connectivity index (χ3v) is 2.68. The lowest BCUT2D eigenvalue weighted by atomic mass is 10.1. The number of benzene rings is 1. The number of ketones is 1. The maximum Gasteiger partial charge on any atom is 0.331 e. The van der Waals surface area contributed by atoms with Gasteiger partial charge in [0.1, 0.15) is 0 Å². The summed E-state index contributed by atoms with van der Waals surface area (Å²) >= 11 is 5.68. The SMILES string of the molecule is COC(=O)C(Cl)C(=O)c1ccc(N(C)C)cc1. The van der Waals surface area contributed by atoms with Crippen molar-refractivity contribution >= 4 is 29.0 Å². The molecule has 17 heavy (non-hydrogen) atoms. The predicted octanol–water partition coefficient (Wildman–Crippen LogP) is 1.72. The van der Waals surface area contributed by atoms with Crippen LogP contribution in [0.4, 0.5) is 5.69 Å². The second-order valence-corrected chi connectivity index (χ2v) is 4.13. The molecule has 0 heterocycles. The van der Waals surface area contributed by atoms with E-state index in [1.807, 2.05) is 19.0 Å². The standard InChI is InChI=1S/C12H14ClNO3/c1-14(2)9-6-4-8(5-7-9)11(15)10(13)12(16)17-3/h4-7,10H,1-3H3. The van der Waals surface area contributed by atoms with E-state index in [0.29, 0.717) is 5.56 Å². The van der Waals surface area contributed by atoms with Crippen molar-refractivity contribution in [3.63, 3.8) is 0 Å². The average molecular weight is 256 g/mol. The molecule has 1 aromatic carbocycles. The van der Waals surface area contributed by atoms with Crippen molar-refractivity contribution in [1.29, 1.82) is 0 Å². The lowest BCUT2D eigenvalue weighted by Crippen LogP contribution is -2.26. The molecule has 0 aliphatic heterocycles. The number of anilines is 1.